The first-order valence-corrected chi connectivity index (χ1v) is 8.48. The highest BCUT2D eigenvalue weighted by Gasteiger charge is 2.24. The molecule has 1 heterocycles. The van der Waals surface area contributed by atoms with E-state index in [1.54, 1.807) is 11.3 Å². The first kappa shape index (κ1) is 16.1. The van der Waals surface area contributed by atoms with E-state index in [2.05, 4.69) is 60.5 Å². The smallest absolute Gasteiger partial charge is 0.0746 e. The van der Waals surface area contributed by atoms with Gasteiger partial charge >= 0.3 is 0 Å². The molecule has 4 heteroatoms. The molecule has 112 valence electrons. The zero-order valence-corrected chi connectivity index (χ0v) is 14.2. The molecule has 1 aromatic carbocycles. The molecule has 1 aromatic heterocycles. The van der Waals surface area contributed by atoms with E-state index in [0.717, 1.165) is 6.54 Å². The van der Waals surface area contributed by atoms with Crippen molar-refractivity contribution in [2.24, 2.45) is 5.73 Å². The molecule has 0 aliphatic rings. The van der Waals surface area contributed by atoms with Crippen molar-refractivity contribution >= 4 is 28.5 Å². The maximum Gasteiger partial charge on any atom is 0.0746 e. The van der Waals surface area contributed by atoms with Crippen molar-refractivity contribution in [1.29, 1.82) is 0 Å². The van der Waals surface area contributed by atoms with E-state index in [1.807, 2.05) is 6.07 Å². The fraction of sp³-hybridized carbons (Fsp3) is 0.353. The summed E-state index contributed by atoms with van der Waals surface area (Å²) in [5.41, 5.74) is 7.12. The van der Waals surface area contributed by atoms with Crippen molar-refractivity contribution in [2.75, 3.05) is 0 Å². The Hall–Kier alpha value is -1.23. The van der Waals surface area contributed by atoms with E-state index in [-0.39, 0.29) is 6.04 Å². The third kappa shape index (κ3) is 4.63. The second kappa shape index (κ2) is 7.69. The average Bonchev–Trinajstić information content (AvgIpc) is 2.96. The van der Waals surface area contributed by atoms with Gasteiger partial charge in [-0.25, -0.2) is 0 Å². The van der Waals surface area contributed by atoms with Gasteiger partial charge in [0, 0.05) is 29.9 Å². The number of thiocarbonyl (C=S) groups is 1. The maximum absolute atomic E-state index is 5.85. The van der Waals surface area contributed by atoms with E-state index in [1.165, 1.54) is 10.4 Å². The molecule has 0 amide bonds. The van der Waals surface area contributed by atoms with Gasteiger partial charge in [0.15, 0.2) is 0 Å². The third-order valence-corrected chi connectivity index (χ3v) is 4.59. The van der Waals surface area contributed by atoms with Gasteiger partial charge in [0.05, 0.1) is 4.99 Å². The summed E-state index contributed by atoms with van der Waals surface area (Å²) in [5.74, 6) is 0. The predicted octanol–water partition coefficient (Wildman–Crippen LogP) is 4.38. The van der Waals surface area contributed by atoms with Crippen LogP contribution < -0.4 is 5.73 Å². The van der Waals surface area contributed by atoms with Crippen LogP contribution in [0.15, 0.2) is 47.8 Å². The van der Waals surface area contributed by atoms with Crippen molar-refractivity contribution in [1.82, 2.24) is 4.90 Å². The number of nitrogens with two attached hydrogens (primary N) is 1. The largest absolute Gasteiger partial charge is 0.393 e. The summed E-state index contributed by atoms with van der Waals surface area (Å²) in [6.07, 6.45) is 0.711. The summed E-state index contributed by atoms with van der Waals surface area (Å²) in [6.45, 7) is 5.38. The van der Waals surface area contributed by atoms with Gasteiger partial charge in [0.2, 0.25) is 0 Å². The molecule has 0 spiro atoms. The quantitative estimate of drug-likeness (QED) is 0.768. The van der Waals surface area contributed by atoms with Gasteiger partial charge in [-0.1, -0.05) is 48.6 Å². The molecule has 2 N–H and O–H groups in total. The van der Waals surface area contributed by atoms with Crippen molar-refractivity contribution in [2.45, 2.75) is 38.9 Å². The number of rotatable bonds is 7. The first-order chi connectivity index (χ1) is 10.1. The van der Waals surface area contributed by atoms with Crippen LogP contribution in [-0.2, 0) is 6.54 Å². The Morgan fingerprint density at radius 3 is 2.43 bits per heavy atom. The van der Waals surface area contributed by atoms with E-state index in [9.17, 15) is 0 Å². The highest BCUT2D eigenvalue weighted by molar-refractivity contribution is 7.80. The van der Waals surface area contributed by atoms with Gasteiger partial charge in [0.1, 0.15) is 0 Å². The predicted molar refractivity (Wildman–Crippen MR) is 95.6 cm³/mol. The lowest BCUT2D eigenvalue weighted by Gasteiger charge is -2.35. The van der Waals surface area contributed by atoms with Crippen molar-refractivity contribution in [3.63, 3.8) is 0 Å². The average molecular weight is 319 g/mol. The molecular weight excluding hydrogens is 296 g/mol. The second-order valence-corrected chi connectivity index (χ2v) is 7.00. The summed E-state index contributed by atoms with van der Waals surface area (Å²) in [7, 11) is 0. The summed E-state index contributed by atoms with van der Waals surface area (Å²) in [4.78, 5) is 4.41. The molecule has 0 bridgehead atoms. The van der Waals surface area contributed by atoms with E-state index < -0.39 is 0 Å². The lowest BCUT2D eigenvalue weighted by Crippen LogP contribution is -2.36. The first-order valence-electron chi connectivity index (χ1n) is 7.19. The van der Waals surface area contributed by atoms with Gasteiger partial charge in [-0.3, -0.25) is 4.90 Å². The number of thiophene rings is 1. The Labute approximate surface area is 136 Å². The molecule has 0 saturated heterocycles. The summed E-state index contributed by atoms with van der Waals surface area (Å²) in [6, 6.07) is 15.4. The molecule has 0 fully saturated rings. The summed E-state index contributed by atoms with van der Waals surface area (Å²) < 4.78 is 0. The Bertz CT molecular complexity index is 549. The van der Waals surface area contributed by atoms with Gasteiger partial charge < -0.3 is 5.73 Å². The molecule has 2 rings (SSSR count). The Morgan fingerprint density at radius 2 is 1.90 bits per heavy atom. The van der Waals surface area contributed by atoms with Crippen LogP contribution in [0.1, 0.15) is 36.8 Å². The van der Waals surface area contributed by atoms with Gasteiger partial charge in [-0.15, -0.1) is 11.3 Å². The molecular formula is C17H22N2S2. The van der Waals surface area contributed by atoms with Crippen LogP contribution in [0.25, 0.3) is 0 Å². The summed E-state index contributed by atoms with van der Waals surface area (Å²) in [5, 5.41) is 2.12. The fourth-order valence-electron chi connectivity index (χ4n) is 2.53. The Kier molecular flexibility index (Phi) is 5.91. The SMILES string of the molecule is CC(C)N(Cc1cccs1)C(CC(N)=S)c1ccccc1. The van der Waals surface area contributed by atoms with Crippen LogP contribution in [0, 0.1) is 0 Å². The van der Waals surface area contributed by atoms with E-state index in [4.69, 9.17) is 18.0 Å². The minimum atomic E-state index is 0.228. The highest BCUT2D eigenvalue weighted by atomic mass is 32.1. The second-order valence-electron chi connectivity index (χ2n) is 5.44. The third-order valence-electron chi connectivity index (χ3n) is 3.56. The topological polar surface area (TPSA) is 29.3 Å². The lowest BCUT2D eigenvalue weighted by molar-refractivity contribution is 0.149. The zero-order chi connectivity index (χ0) is 15.2. The molecule has 0 radical (unpaired) electrons. The molecule has 0 aliphatic carbocycles. The van der Waals surface area contributed by atoms with E-state index >= 15 is 0 Å². The molecule has 1 unspecified atom stereocenters. The Balaban J connectivity index is 2.28. The molecule has 2 nitrogen and oxygen atoms in total. The monoisotopic (exact) mass is 318 g/mol. The molecule has 1 atom stereocenters. The van der Waals surface area contributed by atoms with Crippen LogP contribution in [0.4, 0.5) is 0 Å². The number of benzene rings is 1. The van der Waals surface area contributed by atoms with Crippen LogP contribution in [0.3, 0.4) is 0 Å². The minimum absolute atomic E-state index is 0.228. The normalized spacial score (nSPS) is 12.8. The standard InChI is InChI=1S/C17H22N2S2/c1-13(2)19(12-15-9-6-10-21-15)16(11-17(18)20)14-7-4-3-5-8-14/h3-10,13,16H,11-12H2,1-2H3,(H2,18,20). The molecule has 21 heavy (non-hydrogen) atoms. The van der Waals surface area contributed by atoms with Gasteiger partial charge in [0.25, 0.3) is 0 Å². The highest BCUT2D eigenvalue weighted by Crippen LogP contribution is 2.29. The van der Waals surface area contributed by atoms with Crippen LogP contribution in [-0.4, -0.2) is 15.9 Å². The molecule has 0 saturated carbocycles. The number of hydrogen-bond donors (Lipinski definition) is 1. The van der Waals surface area contributed by atoms with Crippen molar-refractivity contribution in [3.8, 4) is 0 Å². The Morgan fingerprint density at radius 1 is 1.19 bits per heavy atom. The number of hydrogen-bond acceptors (Lipinski definition) is 3. The van der Waals surface area contributed by atoms with Crippen LogP contribution in [0.2, 0.25) is 0 Å². The maximum atomic E-state index is 5.85. The minimum Gasteiger partial charge on any atom is -0.393 e. The molecule has 2 aromatic rings. The number of nitrogens with zero attached hydrogens (tertiary/aromatic N) is 1. The fourth-order valence-corrected chi connectivity index (χ4v) is 3.40. The van der Waals surface area contributed by atoms with Crippen LogP contribution >= 0.6 is 23.6 Å². The van der Waals surface area contributed by atoms with Gasteiger partial charge in [-0.05, 0) is 30.9 Å². The van der Waals surface area contributed by atoms with Crippen molar-refractivity contribution in [3.05, 3.63) is 58.3 Å². The zero-order valence-electron chi connectivity index (χ0n) is 12.5. The van der Waals surface area contributed by atoms with E-state index in [0.29, 0.717) is 17.5 Å². The molecule has 0 aliphatic heterocycles. The van der Waals surface area contributed by atoms with Crippen molar-refractivity contribution < 1.29 is 0 Å². The van der Waals surface area contributed by atoms with Gasteiger partial charge in [-0.2, -0.15) is 0 Å². The summed E-state index contributed by atoms with van der Waals surface area (Å²) >= 11 is 6.97. The van der Waals surface area contributed by atoms with Crippen LogP contribution in [0.5, 0.6) is 0 Å². The lowest BCUT2D eigenvalue weighted by atomic mass is 10.0.